The van der Waals surface area contributed by atoms with E-state index in [-0.39, 0.29) is 18.0 Å². The monoisotopic (exact) mass is 303 g/mol. The smallest absolute Gasteiger partial charge is 0.244 e. The summed E-state index contributed by atoms with van der Waals surface area (Å²) in [4.78, 5) is 1.63. The molecule has 4 nitrogen and oxygen atoms in total. The Balaban J connectivity index is 3.34. The maximum atomic E-state index is 12.7. The second-order valence-electron chi connectivity index (χ2n) is 5.29. The first kappa shape index (κ1) is 16.4. The fraction of sp³-hybridized carbons (Fsp3) is 0.538. The lowest BCUT2D eigenvalue weighted by atomic mass is 10.1. The van der Waals surface area contributed by atoms with Crippen molar-refractivity contribution < 1.29 is 13.5 Å². The maximum Gasteiger partial charge on any atom is 0.244 e. The minimum atomic E-state index is -3.58. The maximum absolute atomic E-state index is 12.7. The molecule has 0 amide bonds. The summed E-state index contributed by atoms with van der Waals surface area (Å²) in [5, 5.41) is 9.13. The van der Waals surface area contributed by atoms with Gasteiger partial charge in [0.25, 0.3) is 0 Å². The van der Waals surface area contributed by atoms with Crippen molar-refractivity contribution in [2.45, 2.75) is 44.7 Å². The van der Waals surface area contributed by atoms with E-state index in [1.807, 2.05) is 20.8 Å². The summed E-state index contributed by atoms with van der Waals surface area (Å²) >= 11 is 1.31. The first-order valence-corrected chi connectivity index (χ1v) is 8.24. The van der Waals surface area contributed by atoms with E-state index in [2.05, 4.69) is 6.58 Å². The molecule has 0 bridgehead atoms. The van der Waals surface area contributed by atoms with Gasteiger partial charge in [0, 0.05) is 21.8 Å². The molecule has 0 fully saturated rings. The molecule has 0 atom stereocenters. The highest BCUT2D eigenvalue weighted by Crippen LogP contribution is 2.31. The summed E-state index contributed by atoms with van der Waals surface area (Å²) in [7, 11) is -3.58. The average molecular weight is 303 g/mol. The first-order chi connectivity index (χ1) is 8.64. The van der Waals surface area contributed by atoms with Gasteiger partial charge in [-0.3, -0.25) is 0 Å². The molecule has 0 aliphatic carbocycles. The molecule has 0 aliphatic rings. The van der Waals surface area contributed by atoms with Gasteiger partial charge < -0.3 is 5.11 Å². The molecular formula is C13H21NO3S2. The number of sulfonamides is 1. The molecule has 1 aromatic heterocycles. The summed E-state index contributed by atoms with van der Waals surface area (Å²) in [6, 6.07) is 1.55. The Morgan fingerprint density at radius 2 is 2.05 bits per heavy atom. The van der Waals surface area contributed by atoms with Crippen LogP contribution in [0.2, 0.25) is 0 Å². The van der Waals surface area contributed by atoms with E-state index in [0.29, 0.717) is 9.75 Å². The van der Waals surface area contributed by atoms with Crippen LogP contribution in [0.1, 0.15) is 30.5 Å². The zero-order chi connectivity index (χ0) is 14.8. The minimum absolute atomic E-state index is 0.141. The predicted octanol–water partition coefficient (Wildman–Crippen LogP) is 2.52. The van der Waals surface area contributed by atoms with Crippen LogP contribution in [-0.2, 0) is 16.6 Å². The zero-order valence-electron chi connectivity index (χ0n) is 11.8. The van der Waals surface area contributed by atoms with E-state index in [1.165, 1.54) is 15.6 Å². The molecule has 0 radical (unpaired) electrons. The van der Waals surface area contributed by atoms with Crippen LogP contribution in [0.15, 0.2) is 23.6 Å². The van der Waals surface area contributed by atoms with E-state index >= 15 is 0 Å². The standard InChI is InChI=1S/C13H21NO3S2/c1-6-7-14(13(3,4)5)19(16,17)12-8-11(9-15)18-10(12)2/h6,8,15H,1,7,9H2,2-5H3. The molecule has 1 N–H and O–H groups in total. The summed E-state index contributed by atoms with van der Waals surface area (Å²) in [5.74, 6) is 0. The van der Waals surface area contributed by atoms with Crippen LogP contribution in [0.5, 0.6) is 0 Å². The molecule has 19 heavy (non-hydrogen) atoms. The van der Waals surface area contributed by atoms with E-state index in [1.54, 1.807) is 19.1 Å². The van der Waals surface area contributed by atoms with Crippen LogP contribution >= 0.6 is 11.3 Å². The van der Waals surface area contributed by atoms with Crippen LogP contribution in [-0.4, -0.2) is 29.9 Å². The van der Waals surface area contributed by atoms with Gasteiger partial charge in [-0.15, -0.1) is 17.9 Å². The van der Waals surface area contributed by atoms with Gasteiger partial charge in [-0.1, -0.05) is 6.08 Å². The number of rotatable bonds is 5. The third kappa shape index (κ3) is 3.45. The van der Waals surface area contributed by atoms with Crippen LogP contribution in [0.3, 0.4) is 0 Å². The molecule has 0 unspecified atom stereocenters. The Bertz CT molecular complexity index is 553. The van der Waals surface area contributed by atoms with Gasteiger partial charge in [-0.05, 0) is 33.8 Å². The van der Waals surface area contributed by atoms with Gasteiger partial charge in [0.1, 0.15) is 0 Å². The van der Waals surface area contributed by atoms with Crippen molar-refractivity contribution in [3.05, 3.63) is 28.5 Å². The van der Waals surface area contributed by atoms with Gasteiger partial charge in [-0.25, -0.2) is 8.42 Å². The lowest BCUT2D eigenvalue weighted by Gasteiger charge is -2.33. The van der Waals surface area contributed by atoms with Gasteiger partial charge >= 0.3 is 0 Å². The second-order valence-corrected chi connectivity index (χ2v) is 8.46. The van der Waals surface area contributed by atoms with Gasteiger partial charge in [-0.2, -0.15) is 4.31 Å². The molecular weight excluding hydrogens is 282 g/mol. The molecule has 0 aliphatic heterocycles. The lowest BCUT2D eigenvalue weighted by Crippen LogP contribution is -2.45. The Kier molecular flexibility index (Phi) is 4.95. The van der Waals surface area contributed by atoms with Crippen molar-refractivity contribution in [2.24, 2.45) is 0 Å². The topological polar surface area (TPSA) is 57.6 Å². The SMILES string of the molecule is C=CCN(C(C)(C)C)S(=O)(=O)c1cc(CO)sc1C. The van der Waals surface area contributed by atoms with Gasteiger partial charge in [0.05, 0.1) is 11.5 Å². The summed E-state index contributed by atoms with van der Waals surface area (Å²) < 4.78 is 26.9. The number of aryl methyl sites for hydroxylation is 1. The van der Waals surface area contributed by atoms with Crippen molar-refractivity contribution in [1.29, 1.82) is 0 Å². The minimum Gasteiger partial charge on any atom is -0.391 e. The highest BCUT2D eigenvalue weighted by Gasteiger charge is 2.34. The van der Waals surface area contributed by atoms with E-state index in [0.717, 1.165) is 0 Å². The largest absolute Gasteiger partial charge is 0.391 e. The summed E-state index contributed by atoms with van der Waals surface area (Å²) in [6.07, 6.45) is 1.58. The molecule has 1 heterocycles. The van der Waals surface area contributed by atoms with Crippen LogP contribution < -0.4 is 0 Å². The molecule has 0 spiro atoms. The molecule has 0 saturated heterocycles. The highest BCUT2D eigenvalue weighted by molar-refractivity contribution is 7.89. The summed E-state index contributed by atoms with van der Waals surface area (Å²) in [6.45, 7) is 11.0. The third-order valence-corrected chi connectivity index (χ3v) is 6.11. The average Bonchev–Trinajstić information content (AvgIpc) is 2.66. The van der Waals surface area contributed by atoms with Crippen molar-refractivity contribution in [3.8, 4) is 0 Å². The Hall–Kier alpha value is -0.690. The number of aliphatic hydroxyl groups excluding tert-OH is 1. The van der Waals surface area contributed by atoms with Crippen molar-refractivity contribution in [3.63, 3.8) is 0 Å². The predicted molar refractivity (Wildman–Crippen MR) is 78.8 cm³/mol. The fourth-order valence-corrected chi connectivity index (χ4v) is 5.05. The third-order valence-electron chi connectivity index (χ3n) is 2.69. The lowest BCUT2D eigenvalue weighted by molar-refractivity contribution is 0.269. The fourth-order valence-electron chi connectivity index (χ4n) is 1.83. The Morgan fingerprint density at radius 1 is 1.47 bits per heavy atom. The van der Waals surface area contributed by atoms with Crippen molar-refractivity contribution in [2.75, 3.05) is 6.54 Å². The molecule has 6 heteroatoms. The van der Waals surface area contributed by atoms with E-state index < -0.39 is 15.6 Å². The van der Waals surface area contributed by atoms with Crippen molar-refractivity contribution >= 4 is 21.4 Å². The highest BCUT2D eigenvalue weighted by atomic mass is 32.2. The molecule has 1 rings (SSSR count). The zero-order valence-corrected chi connectivity index (χ0v) is 13.4. The quantitative estimate of drug-likeness (QED) is 0.850. The molecule has 0 aromatic carbocycles. The van der Waals surface area contributed by atoms with E-state index in [9.17, 15) is 8.42 Å². The number of hydrogen-bond donors (Lipinski definition) is 1. The number of nitrogens with zero attached hydrogens (tertiary/aromatic N) is 1. The second kappa shape index (κ2) is 5.75. The molecule has 108 valence electrons. The first-order valence-electron chi connectivity index (χ1n) is 5.98. The number of thiophene rings is 1. The Morgan fingerprint density at radius 3 is 2.42 bits per heavy atom. The van der Waals surface area contributed by atoms with Crippen LogP contribution in [0.25, 0.3) is 0 Å². The molecule has 1 aromatic rings. The summed E-state index contributed by atoms with van der Waals surface area (Å²) in [5.41, 5.74) is -0.527. The van der Waals surface area contributed by atoms with Gasteiger partial charge in [0.15, 0.2) is 0 Å². The van der Waals surface area contributed by atoms with Crippen molar-refractivity contribution in [1.82, 2.24) is 4.31 Å². The van der Waals surface area contributed by atoms with Crippen LogP contribution in [0.4, 0.5) is 0 Å². The van der Waals surface area contributed by atoms with Crippen LogP contribution in [0, 0.1) is 6.92 Å². The van der Waals surface area contributed by atoms with Gasteiger partial charge in [0.2, 0.25) is 10.0 Å². The number of aliphatic hydroxyl groups is 1. The normalized spacial score (nSPS) is 12.9. The molecule has 0 saturated carbocycles. The van der Waals surface area contributed by atoms with E-state index in [4.69, 9.17) is 5.11 Å². The number of hydrogen-bond acceptors (Lipinski definition) is 4. The Labute approximate surface area is 119 Å².